The van der Waals surface area contributed by atoms with Crippen LogP contribution >= 0.6 is 15.9 Å². The summed E-state index contributed by atoms with van der Waals surface area (Å²) < 4.78 is 4.38. The Kier molecular flexibility index (Phi) is 6.32. The van der Waals surface area contributed by atoms with Crippen LogP contribution in [-0.2, 0) is 9.53 Å². The first-order chi connectivity index (χ1) is 5.63. The molecule has 0 saturated carbocycles. The van der Waals surface area contributed by atoms with E-state index in [-0.39, 0.29) is 0 Å². The Morgan fingerprint density at radius 2 is 2.33 bits per heavy atom. The van der Waals surface area contributed by atoms with Gasteiger partial charge in [-0.15, -0.1) is 0 Å². The van der Waals surface area contributed by atoms with Crippen molar-refractivity contribution in [3.63, 3.8) is 0 Å². The lowest BCUT2D eigenvalue weighted by Crippen LogP contribution is -2.42. The molecule has 0 rings (SSSR count). The number of carbonyl (C=O) groups excluding carboxylic acids is 1. The van der Waals surface area contributed by atoms with Crippen molar-refractivity contribution in [2.45, 2.75) is 25.0 Å². The average Bonchev–Trinajstić information content (AvgIpc) is 2.11. The highest BCUT2D eigenvalue weighted by Gasteiger charge is 2.22. The van der Waals surface area contributed by atoms with Gasteiger partial charge in [0.2, 0.25) is 0 Å². The second kappa shape index (κ2) is 6.39. The van der Waals surface area contributed by atoms with Gasteiger partial charge < -0.3 is 15.6 Å². The van der Waals surface area contributed by atoms with Crippen molar-refractivity contribution in [2.24, 2.45) is 5.73 Å². The molecule has 0 unspecified atom stereocenters. The number of methoxy groups -OCH3 is 1. The van der Waals surface area contributed by atoms with Crippen LogP contribution in [0.3, 0.4) is 0 Å². The Morgan fingerprint density at radius 1 is 1.75 bits per heavy atom. The highest BCUT2D eigenvalue weighted by atomic mass is 79.9. The van der Waals surface area contributed by atoms with Gasteiger partial charge in [-0.05, 0) is 12.8 Å². The summed E-state index contributed by atoms with van der Waals surface area (Å²) in [5.41, 5.74) is 5.37. The number of aliphatic hydroxyl groups excluding tert-OH is 1. The molecular formula is C7H14BrNO3. The molecule has 0 aromatic rings. The first kappa shape index (κ1) is 11.9. The fourth-order valence-electron chi connectivity index (χ4n) is 0.759. The van der Waals surface area contributed by atoms with E-state index in [0.29, 0.717) is 6.42 Å². The van der Waals surface area contributed by atoms with Gasteiger partial charge in [0.05, 0.1) is 13.2 Å². The molecule has 0 fully saturated rings. The Hall–Kier alpha value is -0.130. The first-order valence-electron chi connectivity index (χ1n) is 3.71. The van der Waals surface area contributed by atoms with Crippen molar-refractivity contribution in [1.82, 2.24) is 0 Å². The van der Waals surface area contributed by atoms with Crippen molar-refractivity contribution in [3.8, 4) is 0 Å². The molecule has 0 bridgehead atoms. The lowest BCUT2D eigenvalue weighted by molar-refractivity contribution is -0.144. The number of carbonyl (C=O) groups is 1. The highest BCUT2D eigenvalue weighted by molar-refractivity contribution is 9.09. The molecule has 0 heterocycles. The molecule has 12 heavy (non-hydrogen) atoms. The minimum atomic E-state index is -0.922. The largest absolute Gasteiger partial charge is 0.468 e. The fraction of sp³-hybridized carbons (Fsp3) is 0.857. The Balaban J connectivity index is 3.75. The van der Waals surface area contributed by atoms with E-state index < -0.39 is 18.1 Å². The van der Waals surface area contributed by atoms with Crippen molar-refractivity contribution in [1.29, 1.82) is 0 Å². The van der Waals surface area contributed by atoms with Gasteiger partial charge in [-0.1, -0.05) is 15.9 Å². The second-order valence-corrected chi connectivity index (χ2v) is 3.24. The maximum Gasteiger partial charge on any atom is 0.325 e. The quantitative estimate of drug-likeness (QED) is 0.525. The molecule has 3 N–H and O–H groups in total. The molecule has 0 spiro atoms. The number of halogens is 1. The third-order valence-corrected chi connectivity index (χ3v) is 2.08. The van der Waals surface area contributed by atoms with Gasteiger partial charge in [-0.25, -0.2) is 0 Å². The molecule has 0 aromatic carbocycles. The van der Waals surface area contributed by atoms with Gasteiger partial charge >= 0.3 is 5.97 Å². The maximum absolute atomic E-state index is 10.8. The molecule has 72 valence electrons. The minimum absolute atomic E-state index is 0.502. The molecule has 2 atom stereocenters. The number of alkyl halides is 1. The molecule has 0 aliphatic heterocycles. The highest BCUT2D eigenvalue weighted by Crippen LogP contribution is 2.03. The average molecular weight is 240 g/mol. The molecule has 0 aliphatic rings. The Morgan fingerprint density at radius 3 is 2.75 bits per heavy atom. The van der Waals surface area contributed by atoms with Crippen molar-refractivity contribution in [2.75, 3.05) is 12.4 Å². The van der Waals surface area contributed by atoms with Crippen LogP contribution < -0.4 is 5.73 Å². The van der Waals surface area contributed by atoms with Crippen LogP contribution in [0.25, 0.3) is 0 Å². The van der Waals surface area contributed by atoms with Crippen LogP contribution in [0.1, 0.15) is 12.8 Å². The predicted octanol–water partition coefficient (Wildman–Crippen LogP) is 0.0227. The van der Waals surface area contributed by atoms with Crippen molar-refractivity contribution < 1.29 is 14.6 Å². The number of aliphatic hydroxyl groups is 1. The number of hydrogen-bond donors (Lipinski definition) is 2. The van der Waals surface area contributed by atoms with E-state index in [9.17, 15) is 9.90 Å². The summed E-state index contributed by atoms with van der Waals surface area (Å²) in [5, 5.41) is 10.1. The van der Waals surface area contributed by atoms with Crippen LogP contribution in [0, 0.1) is 0 Å². The smallest absolute Gasteiger partial charge is 0.325 e. The van der Waals surface area contributed by atoms with Crippen molar-refractivity contribution in [3.05, 3.63) is 0 Å². The van der Waals surface area contributed by atoms with Crippen LogP contribution in [0.2, 0.25) is 0 Å². The molecule has 0 saturated heterocycles. The lowest BCUT2D eigenvalue weighted by Gasteiger charge is -2.15. The van der Waals surface area contributed by atoms with Crippen molar-refractivity contribution >= 4 is 21.9 Å². The van der Waals surface area contributed by atoms with Crippen LogP contribution in [-0.4, -0.2) is 35.7 Å². The van der Waals surface area contributed by atoms with Gasteiger partial charge in [0.25, 0.3) is 0 Å². The third-order valence-electron chi connectivity index (χ3n) is 1.52. The van der Waals surface area contributed by atoms with E-state index in [1.165, 1.54) is 7.11 Å². The van der Waals surface area contributed by atoms with E-state index in [2.05, 4.69) is 20.7 Å². The topological polar surface area (TPSA) is 72.5 Å². The van der Waals surface area contributed by atoms with Gasteiger partial charge in [-0.2, -0.15) is 0 Å². The normalized spacial score (nSPS) is 15.3. The molecule has 0 amide bonds. The predicted molar refractivity (Wildman–Crippen MR) is 49.0 cm³/mol. The van der Waals surface area contributed by atoms with E-state index >= 15 is 0 Å². The monoisotopic (exact) mass is 239 g/mol. The van der Waals surface area contributed by atoms with E-state index in [4.69, 9.17) is 5.73 Å². The zero-order valence-electron chi connectivity index (χ0n) is 7.00. The number of ether oxygens (including phenoxy) is 1. The van der Waals surface area contributed by atoms with Gasteiger partial charge in [0.1, 0.15) is 6.04 Å². The second-order valence-electron chi connectivity index (χ2n) is 2.45. The number of rotatable bonds is 5. The third kappa shape index (κ3) is 4.04. The molecule has 0 aromatic heterocycles. The van der Waals surface area contributed by atoms with E-state index in [1.54, 1.807) is 0 Å². The summed E-state index contributed by atoms with van der Waals surface area (Å²) >= 11 is 3.21. The molecule has 0 radical (unpaired) electrons. The standard InChI is InChI=1S/C7H14BrNO3/c1-12-7(11)6(9)5(10)3-2-4-8/h5-6,10H,2-4,9H2,1H3/t5-,6-/m0/s1. The lowest BCUT2D eigenvalue weighted by atomic mass is 10.1. The SMILES string of the molecule is COC(=O)[C@@H](N)[C@@H](O)CCCBr. The van der Waals surface area contributed by atoms with Gasteiger partial charge in [-0.3, -0.25) is 4.79 Å². The molecule has 5 heteroatoms. The van der Waals surface area contributed by atoms with Gasteiger partial charge in [0, 0.05) is 5.33 Å². The number of nitrogens with two attached hydrogens (primary N) is 1. The fourth-order valence-corrected chi connectivity index (χ4v) is 1.08. The maximum atomic E-state index is 10.8. The minimum Gasteiger partial charge on any atom is -0.468 e. The summed E-state index contributed by atoms with van der Waals surface area (Å²) in [4.78, 5) is 10.8. The Labute approximate surface area is 80.2 Å². The van der Waals surface area contributed by atoms with Gasteiger partial charge in [0.15, 0.2) is 0 Å². The summed E-state index contributed by atoms with van der Waals surface area (Å²) in [6, 6.07) is -0.922. The summed E-state index contributed by atoms with van der Waals surface area (Å²) in [6.07, 6.45) is 0.475. The Bertz CT molecular complexity index is 143. The summed E-state index contributed by atoms with van der Waals surface area (Å²) in [7, 11) is 1.25. The van der Waals surface area contributed by atoms with Crippen LogP contribution in [0.15, 0.2) is 0 Å². The summed E-state index contributed by atoms with van der Waals surface area (Å²) in [5.74, 6) is -0.572. The van der Waals surface area contributed by atoms with Crippen LogP contribution in [0.5, 0.6) is 0 Å². The first-order valence-corrected chi connectivity index (χ1v) is 4.83. The zero-order valence-corrected chi connectivity index (χ0v) is 8.58. The number of hydrogen-bond acceptors (Lipinski definition) is 4. The molecule has 4 nitrogen and oxygen atoms in total. The van der Waals surface area contributed by atoms with E-state index in [1.807, 2.05) is 0 Å². The molecular weight excluding hydrogens is 226 g/mol. The van der Waals surface area contributed by atoms with Crippen LogP contribution in [0.4, 0.5) is 0 Å². The number of esters is 1. The zero-order chi connectivity index (χ0) is 9.56. The van der Waals surface area contributed by atoms with E-state index in [0.717, 1.165) is 11.8 Å². The summed E-state index contributed by atoms with van der Waals surface area (Å²) in [6.45, 7) is 0. The molecule has 0 aliphatic carbocycles.